The van der Waals surface area contributed by atoms with E-state index < -0.39 is 27.9 Å². The van der Waals surface area contributed by atoms with Gasteiger partial charge in [-0.2, -0.15) is 0 Å². The van der Waals surface area contributed by atoms with Crippen LogP contribution in [-0.2, 0) is 14.6 Å². The third kappa shape index (κ3) is 5.20. The maximum absolute atomic E-state index is 12.0. The van der Waals surface area contributed by atoms with E-state index in [1.165, 1.54) is 4.90 Å². The van der Waals surface area contributed by atoms with Crippen molar-refractivity contribution in [1.29, 1.82) is 0 Å². The molecule has 1 saturated heterocycles. The van der Waals surface area contributed by atoms with Gasteiger partial charge < -0.3 is 15.3 Å². The Labute approximate surface area is 118 Å². The van der Waals surface area contributed by atoms with Crippen molar-refractivity contribution in [2.24, 2.45) is 0 Å². The van der Waals surface area contributed by atoms with Crippen LogP contribution in [-0.4, -0.2) is 61.1 Å². The highest BCUT2D eigenvalue weighted by Crippen LogP contribution is 2.15. The van der Waals surface area contributed by atoms with Crippen LogP contribution in [0.1, 0.15) is 20.3 Å². The van der Waals surface area contributed by atoms with Crippen LogP contribution in [0.15, 0.2) is 11.6 Å². The third-order valence-electron chi connectivity index (χ3n) is 2.96. The summed E-state index contributed by atoms with van der Waals surface area (Å²) in [6, 6.07) is -1.23. The summed E-state index contributed by atoms with van der Waals surface area (Å²) in [6.07, 6.45) is 1.46. The molecular formula is C12H20N2O5S. The van der Waals surface area contributed by atoms with Gasteiger partial charge in [0, 0.05) is 13.1 Å². The number of carbonyl (C=O) groups is 2. The SMILES string of the molecule is CC(C)=CCNC(=O)N1CCS(=O)(=O)CC1CC(=O)O. The highest BCUT2D eigenvalue weighted by atomic mass is 32.2. The van der Waals surface area contributed by atoms with Crippen molar-refractivity contribution < 1.29 is 23.1 Å². The minimum Gasteiger partial charge on any atom is -0.481 e. The molecule has 20 heavy (non-hydrogen) atoms. The normalized spacial score (nSPS) is 21.1. The van der Waals surface area contributed by atoms with Gasteiger partial charge in [-0.1, -0.05) is 11.6 Å². The number of nitrogens with one attached hydrogen (secondary N) is 1. The second-order valence-corrected chi connectivity index (χ2v) is 7.26. The lowest BCUT2D eigenvalue weighted by Gasteiger charge is -2.34. The van der Waals surface area contributed by atoms with Crippen LogP contribution in [0.4, 0.5) is 4.79 Å². The van der Waals surface area contributed by atoms with E-state index in [0.717, 1.165) is 5.57 Å². The minimum atomic E-state index is -3.27. The van der Waals surface area contributed by atoms with E-state index in [4.69, 9.17) is 5.11 Å². The zero-order chi connectivity index (χ0) is 15.3. The van der Waals surface area contributed by atoms with Crippen LogP contribution >= 0.6 is 0 Å². The Bertz CT molecular complexity index is 508. The number of amides is 2. The number of urea groups is 1. The van der Waals surface area contributed by atoms with Crippen molar-refractivity contribution in [1.82, 2.24) is 10.2 Å². The molecule has 1 atom stereocenters. The summed E-state index contributed by atoms with van der Waals surface area (Å²) >= 11 is 0. The smallest absolute Gasteiger partial charge is 0.317 e. The number of aliphatic carboxylic acids is 1. The first kappa shape index (κ1) is 16.5. The molecular weight excluding hydrogens is 284 g/mol. The Morgan fingerprint density at radius 2 is 2.05 bits per heavy atom. The van der Waals surface area contributed by atoms with Gasteiger partial charge in [-0.25, -0.2) is 13.2 Å². The van der Waals surface area contributed by atoms with Crippen LogP contribution in [0.25, 0.3) is 0 Å². The van der Waals surface area contributed by atoms with Gasteiger partial charge in [-0.3, -0.25) is 4.79 Å². The Hall–Kier alpha value is -1.57. The van der Waals surface area contributed by atoms with Gasteiger partial charge in [0.25, 0.3) is 0 Å². The molecule has 0 bridgehead atoms. The summed E-state index contributed by atoms with van der Waals surface area (Å²) < 4.78 is 23.1. The highest BCUT2D eigenvalue weighted by molar-refractivity contribution is 7.91. The molecule has 1 fully saturated rings. The molecule has 0 aliphatic carbocycles. The van der Waals surface area contributed by atoms with Crippen molar-refractivity contribution in [3.8, 4) is 0 Å². The number of nitrogens with zero attached hydrogens (tertiary/aromatic N) is 1. The van der Waals surface area contributed by atoms with Gasteiger partial charge >= 0.3 is 12.0 Å². The lowest BCUT2D eigenvalue weighted by Crippen LogP contribution is -2.55. The number of carboxylic acid groups (broad SMARTS) is 1. The largest absolute Gasteiger partial charge is 0.481 e. The molecule has 0 spiro atoms. The Kier molecular flexibility index (Phi) is 5.55. The van der Waals surface area contributed by atoms with Gasteiger partial charge in [-0.05, 0) is 13.8 Å². The van der Waals surface area contributed by atoms with Gasteiger partial charge in [0.2, 0.25) is 0 Å². The van der Waals surface area contributed by atoms with E-state index in [0.29, 0.717) is 6.54 Å². The van der Waals surface area contributed by atoms with Gasteiger partial charge in [0.15, 0.2) is 9.84 Å². The summed E-state index contributed by atoms with van der Waals surface area (Å²) in [4.78, 5) is 24.1. The molecule has 0 radical (unpaired) electrons. The van der Waals surface area contributed by atoms with Gasteiger partial charge in [0.05, 0.1) is 24.0 Å². The first-order valence-electron chi connectivity index (χ1n) is 6.31. The molecule has 8 heteroatoms. The molecule has 1 unspecified atom stereocenters. The van der Waals surface area contributed by atoms with E-state index in [1.807, 2.05) is 19.9 Å². The lowest BCUT2D eigenvalue weighted by molar-refractivity contribution is -0.138. The van der Waals surface area contributed by atoms with Crippen LogP contribution in [0.3, 0.4) is 0 Å². The van der Waals surface area contributed by atoms with Crippen molar-refractivity contribution in [3.63, 3.8) is 0 Å². The van der Waals surface area contributed by atoms with Crippen molar-refractivity contribution in [3.05, 3.63) is 11.6 Å². The fraction of sp³-hybridized carbons (Fsp3) is 0.667. The average molecular weight is 304 g/mol. The monoisotopic (exact) mass is 304 g/mol. The summed E-state index contributed by atoms with van der Waals surface area (Å²) in [5, 5.41) is 11.5. The van der Waals surface area contributed by atoms with Gasteiger partial charge in [-0.15, -0.1) is 0 Å². The molecule has 0 aromatic carbocycles. The molecule has 1 heterocycles. The Morgan fingerprint density at radius 3 is 2.60 bits per heavy atom. The quantitative estimate of drug-likeness (QED) is 0.724. The number of sulfone groups is 1. The zero-order valence-corrected chi connectivity index (χ0v) is 12.4. The number of hydrogen-bond acceptors (Lipinski definition) is 4. The third-order valence-corrected chi connectivity index (χ3v) is 4.66. The number of rotatable bonds is 4. The standard InChI is InChI=1S/C12H20N2O5S/c1-9(2)3-4-13-12(17)14-5-6-20(18,19)8-10(14)7-11(15)16/h3,10H,4-8H2,1-2H3,(H,13,17)(H,15,16). The van der Waals surface area contributed by atoms with Gasteiger partial charge in [0.1, 0.15) is 0 Å². The molecule has 1 aliphatic heterocycles. The number of hydrogen-bond donors (Lipinski definition) is 2. The number of carboxylic acids is 1. The topological polar surface area (TPSA) is 104 Å². The molecule has 1 rings (SSSR count). The molecule has 2 amide bonds. The van der Waals surface area contributed by atoms with Crippen LogP contribution in [0.2, 0.25) is 0 Å². The average Bonchev–Trinajstić information content (AvgIpc) is 2.26. The van der Waals surface area contributed by atoms with Crippen molar-refractivity contribution in [2.45, 2.75) is 26.3 Å². The van der Waals surface area contributed by atoms with E-state index >= 15 is 0 Å². The second kappa shape index (κ2) is 6.74. The Balaban J connectivity index is 2.72. The fourth-order valence-corrected chi connectivity index (χ4v) is 3.49. The zero-order valence-electron chi connectivity index (χ0n) is 11.6. The molecule has 0 aromatic rings. The van der Waals surface area contributed by atoms with E-state index in [1.54, 1.807) is 0 Å². The predicted molar refractivity (Wildman–Crippen MR) is 74.2 cm³/mol. The molecule has 0 saturated carbocycles. The highest BCUT2D eigenvalue weighted by Gasteiger charge is 2.35. The molecule has 2 N–H and O–H groups in total. The minimum absolute atomic E-state index is 0.0287. The second-order valence-electron chi connectivity index (χ2n) is 5.03. The molecule has 0 aromatic heterocycles. The maximum Gasteiger partial charge on any atom is 0.317 e. The molecule has 7 nitrogen and oxygen atoms in total. The molecule has 114 valence electrons. The van der Waals surface area contributed by atoms with Crippen LogP contribution in [0.5, 0.6) is 0 Å². The first-order chi connectivity index (χ1) is 9.21. The van der Waals surface area contributed by atoms with Crippen LogP contribution < -0.4 is 5.32 Å². The number of carbonyl (C=O) groups excluding carboxylic acids is 1. The van der Waals surface area contributed by atoms with E-state index in [-0.39, 0.29) is 24.5 Å². The number of allylic oxidation sites excluding steroid dienone is 1. The first-order valence-corrected chi connectivity index (χ1v) is 8.13. The predicted octanol–water partition coefficient (Wildman–Crippen LogP) is 0.236. The maximum atomic E-state index is 12.0. The van der Waals surface area contributed by atoms with E-state index in [9.17, 15) is 18.0 Å². The van der Waals surface area contributed by atoms with E-state index in [2.05, 4.69) is 5.32 Å². The summed E-state index contributed by atoms with van der Waals surface area (Å²) in [6.45, 7) is 4.16. The molecule has 1 aliphatic rings. The summed E-state index contributed by atoms with van der Waals surface area (Å²) in [7, 11) is -3.27. The summed E-state index contributed by atoms with van der Waals surface area (Å²) in [5.41, 5.74) is 1.05. The van der Waals surface area contributed by atoms with Crippen LogP contribution in [0, 0.1) is 0 Å². The van der Waals surface area contributed by atoms with Crippen molar-refractivity contribution >= 4 is 21.8 Å². The summed E-state index contributed by atoms with van der Waals surface area (Å²) in [5.74, 6) is -1.54. The fourth-order valence-electron chi connectivity index (χ4n) is 1.97. The van der Waals surface area contributed by atoms with Crippen molar-refractivity contribution in [2.75, 3.05) is 24.6 Å². The Morgan fingerprint density at radius 1 is 1.40 bits per heavy atom. The lowest BCUT2D eigenvalue weighted by atomic mass is 10.2.